The third-order valence-electron chi connectivity index (χ3n) is 7.52. The van der Waals surface area contributed by atoms with Crippen molar-refractivity contribution >= 4 is 51.2 Å². The molecule has 4 aliphatic rings. The van der Waals surface area contributed by atoms with Crippen LogP contribution in [0.4, 0.5) is 10.8 Å². The molecule has 0 unspecified atom stereocenters. The predicted octanol–water partition coefficient (Wildman–Crippen LogP) is 5.01. The van der Waals surface area contributed by atoms with Crippen LogP contribution in [0, 0.1) is 24.7 Å². The number of hydrogen-bond acceptors (Lipinski definition) is 5. The van der Waals surface area contributed by atoms with Gasteiger partial charge in [-0.05, 0) is 82.1 Å². The maximum Gasteiger partial charge on any atom is 0.254 e. The maximum absolute atomic E-state index is 13.3. The molecular weight excluding hydrogens is 478 g/mol. The Bertz CT molecular complexity index is 1170. The summed E-state index contributed by atoms with van der Waals surface area (Å²) in [5, 5.41) is 15.1. The Morgan fingerprint density at radius 3 is 2.63 bits per heavy atom. The van der Waals surface area contributed by atoms with Crippen LogP contribution >= 0.6 is 23.6 Å². The summed E-state index contributed by atoms with van der Waals surface area (Å²) in [7, 11) is 0. The van der Waals surface area contributed by atoms with E-state index in [4.69, 9.17) is 12.2 Å². The van der Waals surface area contributed by atoms with E-state index < -0.39 is 0 Å². The Morgan fingerprint density at radius 1 is 1.11 bits per heavy atom. The summed E-state index contributed by atoms with van der Waals surface area (Å²) in [4.78, 5) is 27.9. The standard InChI is InChI=1S/C26H33N5O2S2/c1-14-10-21(31(30-14)18-7-8-18)28-22(34)12-16-4-9-20-19(11-16)23(25(33)27-13-15-2-3-15)26(35-20)29-24(32)17-5-6-17/h10,15-18H,2-9,11-13H2,1H3,(H,27,33)(H,28,34)(H,29,32)/t16-/m0/s1. The minimum Gasteiger partial charge on any atom is -0.352 e. The summed E-state index contributed by atoms with van der Waals surface area (Å²) in [5.41, 5.74) is 2.82. The van der Waals surface area contributed by atoms with Crippen LogP contribution in [0.25, 0.3) is 0 Å². The number of thiocarbonyl (C=S) groups is 1. The largest absolute Gasteiger partial charge is 0.352 e. The molecule has 0 saturated heterocycles. The van der Waals surface area contributed by atoms with Gasteiger partial charge in [0.05, 0.1) is 22.3 Å². The molecule has 0 radical (unpaired) electrons. The van der Waals surface area contributed by atoms with Crippen molar-refractivity contribution in [2.24, 2.45) is 17.8 Å². The first-order valence-corrected chi connectivity index (χ1v) is 14.3. The van der Waals surface area contributed by atoms with E-state index in [2.05, 4.69) is 31.8 Å². The molecule has 3 saturated carbocycles. The number of nitrogens with one attached hydrogen (secondary N) is 3. The number of rotatable bonds is 9. The molecule has 3 fully saturated rings. The molecule has 3 N–H and O–H groups in total. The quantitative estimate of drug-likeness (QED) is 0.412. The molecule has 2 aromatic heterocycles. The van der Waals surface area contributed by atoms with Crippen LogP contribution in [-0.2, 0) is 17.6 Å². The number of nitrogens with zero attached hydrogens (tertiary/aromatic N) is 2. The van der Waals surface area contributed by atoms with Gasteiger partial charge in [-0.15, -0.1) is 11.3 Å². The van der Waals surface area contributed by atoms with E-state index in [9.17, 15) is 9.59 Å². The predicted molar refractivity (Wildman–Crippen MR) is 142 cm³/mol. The van der Waals surface area contributed by atoms with Crippen LogP contribution in [0.5, 0.6) is 0 Å². The fourth-order valence-electron chi connectivity index (χ4n) is 5.03. The zero-order chi connectivity index (χ0) is 24.1. The lowest BCUT2D eigenvalue weighted by atomic mass is 9.84. The van der Waals surface area contributed by atoms with Gasteiger partial charge in [0.1, 0.15) is 10.8 Å². The van der Waals surface area contributed by atoms with Crippen molar-refractivity contribution < 1.29 is 9.59 Å². The van der Waals surface area contributed by atoms with Gasteiger partial charge < -0.3 is 16.0 Å². The van der Waals surface area contributed by atoms with E-state index in [1.54, 1.807) is 11.3 Å². The molecule has 7 nitrogen and oxygen atoms in total. The molecule has 35 heavy (non-hydrogen) atoms. The summed E-state index contributed by atoms with van der Waals surface area (Å²) in [6, 6.07) is 2.57. The molecule has 1 atom stereocenters. The van der Waals surface area contributed by atoms with Gasteiger partial charge in [-0.25, -0.2) is 4.68 Å². The van der Waals surface area contributed by atoms with E-state index in [1.807, 2.05) is 6.92 Å². The van der Waals surface area contributed by atoms with Gasteiger partial charge >= 0.3 is 0 Å². The number of hydrogen-bond donors (Lipinski definition) is 3. The van der Waals surface area contributed by atoms with Crippen molar-refractivity contribution in [1.82, 2.24) is 15.1 Å². The summed E-state index contributed by atoms with van der Waals surface area (Å²) < 4.78 is 2.08. The first kappa shape index (κ1) is 23.2. The van der Waals surface area contributed by atoms with Crippen LogP contribution in [0.15, 0.2) is 6.07 Å². The Morgan fingerprint density at radius 2 is 1.91 bits per heavy atom. The van der Waals surface area contributed by atoms with Crippen molar-refractivity contribution in [3.63, 3.8) is 0 Å². The Kier molecular flexibility index (Phi) is 6.16. The highest BCUT2D eigenvalue weighted by atomic mass is 32.1. The molecule has 0 aromatic carbocycles. The Hall–Kier alpha value is -2.26. The smallest absolute Gasteiger partial charge is 0.254 e. The number of aryl methyl sites for hydroxylation is 2. The normalized spacial score (nSPS) is 21.3. The van der Waals surface area contributed by atoms with E-state index in [0.717, 1.165) is 72.1 Å². The van der Waals surface area contributed by atoms with Gasteiger partial charge in [-0.1, -0.05) is 12.2 Å². The first-order valence-electron chi connectivity index (χ1n) is 13.0. The molecule has 0 spiro atoms. The lowest BCUT2D eigenvalue weighted by Gasteiger charge is -2.23. The van der Waals surface area contributed by atoms with Crippen LogP contribution in [0.2, 0.25) is 0 Å². The highest BCUT2D eigenvalue weighted by Crippen LogP contribution is 2.42. The monoisotopic (exact) mass is 511 g/mol. The summed E-state index contributed by atoms with van der Waals surface area (Å²) >= 11 is 7.36. The second kappa shape index (κ2) is 9.32. The average molecular weight is 512 g/mol. The molecule has 2 heterocycles. The summed E-state index contributed by atoms with van der Waals surface area (Å²) in [6.07, 6.45) is 10.2. The van der Waals surface area contributed by atoms with Crippen molar-refractivity contribution in [2.75, 3.05) is 17.2 Å². The van der Waals surface area contributed by atoms with Gasteiger partial charge in [-0.3, -0.25) is 9.59 Å². The first-order chi connectivity index (χ1) is 16.9. The lowest BCUT2D eigenvalue weighted by Crippen LogP contribution is -2.28. The van der Waals surface area contributed by atoms with Crippen molar-refractivity contribution in [3.05, 3.63) is 27.8 Å². The van der Waals surface area contributed by atoms with Crippen molar-refractivity contribution in [2.45, 2.75) is 77.2 Å². The molecule has 2 amide bonds. The molecule has 186 valence electrons. The van der Waals surface area contributed by atoms with Gasteiger partial charge in [0.2, 0.25) is 5.91 Å². The SMILES string of the molecule is Cc1cc(NC(=S)C[C@H]2CCc3sc(NC(=O)C4CC4)c(C(=O)NCC4CC4)c3C2)n(C2CC2)n1. The Labute approximate surface area is 215 Å². The highest BCUT2D eigenvalue weighted by molar-refractivity contribution is 7.80. The summed E-state index contributed by atoms with van der Waals surface area (Å²) in [6.45, 7) is 2.74. The second-order valence-corrected chi connectivity index (χ2v) is 12.4. The van der Waals surface area contributed by atoms with Gasteiger partial charge in [-0.2, -0.15) is 5.10 Å². The number of aromatic nitrogens is 2. The van der Waals surface area contributed by atoms with E-state index in [0.29, 0.717) is 23.4 Å². The molecule has 4 aliphatic carbocycles. The van der Waals surface area contributed by atoms with Crippen LogP contribution in [0.1, 0.15) is 83.9 Å². The number of fused-ring (bicyclic) bond motifs is 1. The van der Waals surface area contributed by atoms with Gasteiger partial charge in [0.25, 0.3) is 5.91 Å². The Balaban J connectivity index is 1.16. The number of thiophene rings is 1. The number of carbonyl (C=O) groups is 2. The maximum atomic E-state index is 13.3. The van der Waals surface area contributed by atoms with E-state index >= 15 is 0 Å². The van der Waals surface area contributed by atoms with Crippen molar-refractivity contribution in [1.29, 1.82) is 0 Å². The van der Waals surface area contributed by atoms with Crippen molar-refractivity contribution in [3.8, 4) is 0 Å². The second-order valence-electron chi connectivity index (χ2n) is 10.8. The van der Waals surface area contributed by atoms with Gasteiger partial charge in [0.15, 0.2) is 0 Å². The number of carbonyl (C=O) groups excluding carboxylic acids is 2. The number of amides is 2. The summed E-state index contributed by atoms with van der Waals surface area (Å²) in [5.74, 6) is 2.11. The highest BCUT2D eigenvalue weighted by Gasteiger charge is 2.34. The van der Waals surface area contributed by atoms with Gasteiger partial charge in [0, 0.05) is 29.8 Å². The van der Waals surface area contributed by atoms with E-state index in [-0.39, 0.29) is 17.7 Å². The topological polar surface area (TPSA) is 88.0 Å². The third kappa shape index (κ3) is 5.31. The molecule has 0 bridgehead atoms. The number of anilines is 2. The minimum atomic E-state index is -0.0364. The zero-order valence-electron chi connectivity index (χ0n) is 20.2. The molecule has 2 aromatic rings. The lowest BCUT2D eigenvalue weighted by molar-refractivity contribution is -0.117. The fraction of sp³-hybridized carbons (Fsp3) is 0.615. The van der Waals surface area contributed by atoms with Crippen LogP contribution < -0.4 is 16.0 Å². The molecular formula is C26H33N5O2S2. The van der Waals surface area contributed by atoms with Crippen LogP contribution in [-0.4, -0.2) is 33.1 Å². The zero-order valence-corrected chi connectivity index (χ0v) is 21.8. The molecule has 9 heteroatoms. The third-order valence-corrected chi connectivity index (χ3v) is 8.99. The molecule has 6 rings (SSSR count). The van der Waals surface area contributed by atoms with Crippen LogP contribution in [0.3, 0.4) is 0 Å². The van der Waals surface area contributed by atoms with E-state index in [1.165, 1.54) is 30.6 Å². The molecule has 0 aliphatic heterocycles. The minimum absolute atomic E-state index is 0.0364. The average Bonchev–Trinajstić information content (AvgIpc) is 3.69. The fourth-order valence-corrected chi connectivity index (χ4v) is 6.61.